The molecule has 0 aromatic carbocycles. The van der Waals surface area contributed by atoms with Gasteiger partial charge in [-0.3, -0.25) is 0 Å². The van der Waals surface area contributed by atoms with Crippen LogP contribution in [-0.4, -0.2) is 20.4 Å². The molecule has 0 aliphatic carbocycles. The molecule has 0 bridgehead atoms. The fraction of sp³-hybridized carbons (Fsp3) is 1.00. The van der Waals surface area contributed by atoms with E-state index in [4.69, 9.17) is 0 Å². The third-order valence-corrected chi connectivity index (χ3v) is 3.16. The maximum Gasteiger partial charge on any atom is 0.102 e. The van der Waals surface area contributed by atoms with E-state index < -0.39 is 0 Å². The molecule has 1 unspecified atom stereocenters. The van der Waals surface area contributed by atoms with Gasteiger partial charge in [0.15, 0.2) is 0 Å². The first kappa shape index (κ1) is 9.12. The quantitative estimate of drug-likeness (QED) is 0.588. The van der Waals surface area contributed by atoms with Crippen molar-refractivity contribution >= 4 is 7.85 Å². The Morgan fingerprint density at radius 1 is 1.45 bits per heavy atom. The average molecular weight is 153 g/mol. The molecule has 1 fully saturated rings. The van der Waals surface area contributed by atoms with Crippen LogP contribution in [0.3, 0.4) is 0 Å². The molecular weight excluding hydrogens is 133 g/mol. The van der Waals surface area contributed by atoms with Crippen molar-refractivity contribution in [3.05, 3.63) is 0 Å². The van der Waals surface area contributed by atoms with Gasteiger partial charge in [-0.2, -0.15) is 0 Å². The molecule has 1 N–H and O–H groups in total. The minimum Gasteiger partial charge on any atom is -0.313 e. The Bertz CT molecular complexity index is 117. The van der Waals surface area contributed by atoms with E-state index in [-0.39, 0.29) is 0 Å². The summed E-state index contributed by atoms with van der Waals surface area (Å²) in [6.07, 6.45) is 5.45. The maximum absolute atomic E-state index is 3.61. The number of hydrogen-bond acceptors (Lipinski definition) is 1. The molecule has 0 aromatic heterocycles. The largest absolute Gasteiger partial charge is 0.313 e. The van der Waals surface area contributed by atoms with E-state index in [1.54, 1.807) is 0 Å². The summed E-state index contributed by atoms with van der Waals surface area (Å²) >= 11 is 0. The van der Waals surface area contributed by atoms with Crippen molar-refractivity contribution in [3.8, 4) is 0 Å². The third-order valence-electron chi connectivity index (χ3n) is 3.16. The van der Waals surface area contributed by atoms with Gasteiger partial charge >= 0.3 is 0 Å². The highest BCUT2D eigenvalue weighted by Crippen LogP contribution is 2.29. The second-order valence-electron chi connectivity index (χ2n) is 4.34. The van der Waals surface area contributed by atoms with Crippen molar-refractivity contribution in [2.24, 2.45) is 5.41 Å². The molecule has 0 radical (unpaired) electrons. The average Bonchev–Trinajstić information content (AvgIpc) is 2.06. The lowest BCUT2D eigenvalue weighted by atomic mass is 9.71. The number of piperidine rings is 1. The minimum absolute atomic E-state index is 0.500. The molecule has 11 heavy (non-hydrogen) atoms. The van der Waals surface area contributed by atoms with Gasteiger partial charge in [0.05, 0.1) is 0 Å². The van der Waals surface area contributed by atoms with Gasteiger partial charge in [0.2, 0.25) is 0 Å². The van der Waals surface area contributed by atoms with E-state index >= 15 is 0 Å². The maximum atomic E-state index is 3.61. The summed E-state index contributed by atoms with van der Waals surface area (Å²) < 4.78 is 0. The van der Waals surface area contributed by atoms with Crippen LogP contribution in [0.4, 0.5) is 0 Å². The van der Waals surface area contributed by atoms with E-state index in [2.05, 4.69) is 27.0 Å². The smallest absolute Gasteiger partial charge is 0.102 e. The molecule has 1 nitrogen and oxygen atoms in total. The monoisotopic (exact) mass is 153 g/mol. The highest BCUT2D eigenvalue weighted by Gasteiger charge is 2.27. The van der Waals surface area contributed by atoms with Crippen LogP contribution in [0.15, 0.2) is 0 Å². The van der Waals surface area contributed by atoms with Crippen molar-refractivity contribution in [3.63, 3.8) is 0 Å². The predicted molar refractivity (Wildman–Crippen MR) is 52.8 cm³/mol. The Morgan fingerprint density at radius 2 is 2.18 bits per heavy atom. The zero-order valence-electron chi connectivity index (χ0n) is 8.11. The van der Waals surface area contributed by atoms with E-state index in [0.29, 0.717) is 5.41 Å². The molecule has 1 aliphatic rings. The van der Waals surface area contributed by atoms with E-state index in [9.17, 15) is 0 Å². The highest BCUT2D eigenvalue weighted by molar-refractivity contribution is 6.09. The Kier molecular flexibility index (Phi) is 3.00. The lowest BCUT2D eigenvalue weighted by Gasteiger charge is -2.37. The predicted octanol–water partition coefficient (Wildman–Crippen LogP) is 1.21. The van der Waals surface area contributed by atoms with Gasteiger partial charge in [-0.05, 0) is 24.8 Å². The highest BCUT2D eigenvalue weighted by atomic mass is 14.9. The van der Waals surface area contributed by atoms with Crippen LogP contribution >= 0.6 is 0 Å². The molecule has 2 heteroatoms. The molecule has 0 aromatic rings. The molecule has 0 saturated carbocycles. The fourth-order valence-corrected chi connectivity index (χ4v) is 1.77. The van der Waals surface area contributed by atoms with Crippen molar-refractivity contribution in [1.29, 1.82) is 0 Å². The second kappa shape index (κ2) is 3.62. The summed E-state index contributed by atoms with van der Waals surface area (Å²) in [5, 5.41) is 3.61. The van der Waals surface area contributed by atoms with Crippen LogP contribution in [0.5, 0.6) is 0 Å². The molecule has 1 heterocycles. The van der Waals surface area contributed by atoms with Gasteiger partial charge in [0.25, 0.3) is 0 Å². The van der Waals surface area contributed by atoms with Crippen LogP contribution in [0.2, 0.25) is 6.32 Å². The second-order valence-corrected chi connectivity index (χ2v) is 4.34. The van der Waals surface area contributed by atoms with Crippen LogP contribution in [0.25, 0.3) is 0 Å². The first-order valence-corrected chi connectivity index (χ1v) is 4.90. The van der Waals surface area contributed by atoms with E-state index in [1.807, 2.05) is 0 Å². The molecule has 0 amide bonds. The van der Waals surface area contributed by atoms with Gasteiger partial charge in [-0.15, -0.1) is 0 Å². The fourth-order valence-electron chi connectivity index (χ4n) is 1.77. The van der Waals surface area contributed by atoms with Crippen LogP contribution in [-0.2, 0) is 0 Å². The summed E-state index contributed by atoms with van der Waals surface area (Å²) in [4.78, 5) is 0. The summed E-state index contributed by atoms with van der Waals surface area (Å²) in [6, 6.07) is 0.765. The molecule has 64 valence electrons. The minimum atomic E-state index is 0.500. The number of rotatable bonds is 2. The Hall–Kier alpha value is 0.0249. The Morgan fingerprint density at radius 3 is 2.64 bits per heavy atom. The summed E-state index contributed by atoms with van der Waals surface area (Å²) in [6.45, 7) is 5.97. The number of nitrogens with one attached hydrogen (secondary N) is 1. The molecule has 0 spiro atoms. The summed E-state index contributed by atoms with van der Waals surface area (Å²) in [5.74, 6) is 0. The summed E-state index contributed by atoms with van der Waals surface area (Å²) in [7, 11) is 2.29. The number of hydrogen-bond donors (Lipinski definition) is 1. The van der Waals surface area contributed by atoms with Crippen LogP contribution in [0, 0.1) is 5.41 Å². The third kappa shape index (κ3) is 2.23. The zero-order valence-corrected chi connectivity index (χ0v) is 8.11. The lowest BCUT2D eigenvalue weighted by molar-refractivity contribution is 0.227. The normalized spacial score (nSPS) is 26.9. The Labute approximate surface area is 71.4 Å². The molecular formula is C9H20BN. The van der Waals surface area contributed by atoms with E-state index in [0.717, 1.165) is 6.04 Å². The van der Waals surface area contributed by atoms with Crippen molar-refractivity contribution in [2.75, 3.05) is 6.54 Å². The van der Waals surface area contributed by atoms with E-state index in [1.165, 1.54) is 32.1 Å². The van der Waals surface area contributed by atoms with Gasteiger partial charge < -0.3 is 5.32 Å². The van der Waals surface area contributed by atoms with Crippen molar-refractivity contribution in [1.82, 2.24) is 5.32 Å². The van der Waals surface area contributed by atoms with Gasteiger partial charge in [-0.1, -0.05) is 26.6 Å². The first-order valence-electron chi connectivity index (χ1n) is 4.90. The van der Waals surface area contributed by atoms with Gasteiger partial charge in [0, 0.05) is 6.04 Å². The van der Waals surface area contributed by atoms with Crippen molar-refractivity contribution in [2.45, 2.75) is 45.5 Å². The molecule has 1 rings (SSSR count). The van der Waals surface area contributed by atoms with Gasteiger partial charge in [0.1, 0.15) is 7.85 Å². The van der Waals surface area contributed by atoms with Crippen LogP contribution < -0.4 is 5.32 Å². The zero-order chi connectivity index (χ0) is 8.32. The topological polar surface area (TPSA) is 12.0 Å². The van der Waals surface area contributed by atoms with Gasteiger partial charge in [-0.25, -0.2) is 0 Å². The lowest BCUT2D eigenvalue weighted by Crippen LogP contribution is -2.44. The molecule has 1 atom stereocenters. The Balaban J connectivity index is 2.43. The van der Waals surface area contributed by atoms with Crippen LogP contribution in [0.1, 0.15) is 33.1 Å². The molecule has 1 saturated heterocycles. The molecule has 1 aliphatic heterocycles. The standard InChI is InChI=1S/C9H20BN/c1-9(2,7-10)8-5-3-4-6-11-8/h8,11H,3-7,10H2,1-2H3. The SMILES string of the molecule is BCC(C)(C)C1CCCCN1. The first-order chi connectivity index (χ1) is 5.17. The van der Waals surface area contributed by atoms with Crippen molar-refractivity contribution < 1.29 is 0 Å². The summed E-state index contributed by atoms with van der Waals surface area (Å²) in [5.41, 5.74) is 0.500.